The van der Waals surface area contributed by atoms with Gasteiger partial charge in [0.15, 0.2) is 0 Å². The Hall–Kier alpha value is -0.610. The molecule has 0 aliphatic carbocycles. The van der Waals surface area contributed by atoms with Crippen LogP contribution in [-0.2, 0) is 4.79 Å². The summed E-state index contributed by atoms with van der Waals surface area (Å²) in [7, 11) is 0. The molecule has 2 rings (SSSR count). The molecule has 0 aromatic carbocycles. The van der Waals surface area contributed by atoms with E-state index < -0.39 is 0 Å². The first-order valence-electron chi connectivity index (χ1n) is 7.33. The number of amides is 1. The summed E-state index contributed by atoms with van der Waals surface area (Å²) in [5.74, 6) is 1.46. The van der Waals surface area contributed by atoms with Crippen LogP contribution in [0.4, 0.5) is 0 Å². The van der Waals surface area contributed by atoms with Gasteiger partial charge in [-0.25, -0.2) is 0 Å². The Bertz CT molecular complexity index is 293. The van der Waals surface area contributed by atoms with Crippen LogP contribution in [0.15, 0.2) is 0 Å². The van der Waals surface area contributed by atoms with Crippen LogP contribution in [-0.4, -0.2) is 49.1 Å². The molecule has 0 saturated carbocycles. The van der Waals surface area contributed by atoms with E-state index in [0.717, 1.165) is 32.1 Å². The van der Waals surface area contributed by atoms with Gasteiger partial charge < -0.3 is 10.6 Å². The lowest BCUT2D eigenvalue weighted by Gasteiger charge is -2.37. The second-order valence-corrected chi connectivity index (χ2v) is 6.21. The lowest BCUT2D eigenvalue weighted by molar-refractivity contribution is -0.126. The van der Waals surface area contributed by atoms with Crippen LogP contribution >= 0.6 is 0 Å². The van der Waals surface area contributed by atoms with Crippen molar-refractivity contribution in [3.8, 4) is 0 Å². The zero-order valence-electron chi connectivity index (χ0n) is 11.9. The highest BCUT2D eigenvalue weighted by molar-refractivity contribution is 5.81. The van der Waals surface area contributed by atoms with Crippen LogP contribution in [0.5, 0.6) is 0 Å². The smallest absolute Gasteiger partial charge is 0.237 e. The molecule has 0 aromatic rings. The molecule has 18 heavy (non-hydrogen) atoms. The van der Waals surface area contributed by atoms with Crippen molar-refractivity contribution < 1.29 is 4.79 Å². The number of rotatable bonds is 4. The molecular formula is C14H27N3O. The number of nitrogens with one attached hydrogen (secondary N) is 2. The molecule has 0 bridgehead atoms. The number of carbonyl (C=O) groups is 1. The maximum absolute atomic E-state index is 12.1. The van der Waals surface area contributed by atoms with Gasteiger partial charge in [0.05, 0.1) is 6.04 Å². The molecule has 2 saturated heterocycles. The van der Waals surface area contributed by atoms with Crippen molar-refractivity contribution in [3.05, 3.63) is 0 Å². The Balaban J connectivity index is 1.81. The molecule has 3 unspecified atom stereocenters. The second kappa shape index (κ2) is 6.02. The minimum atomic E-state index is 0.0188. The predicted molar refractivity (Wildman–Crippen MR) is 73.4 cm³/mol. The van der Waals surface area contributed by atoms with Crippen LogP contribution < -0.4 is 10.6 Å². The summed E-state index contributed by atoms with van der Waals surface area (Å²) in [6.07, 6.45) is 2.45. The number of piperidine rings is 1. The average molecular weight is 253 g/mol. The number of nitrogens with zero attached hydrogens (tertiary/aromatic N) is 1. The first-order chi connectivity index (χ1) is 8.58. The zero-order chi connectivity index (χ0) is 13.1. The topological polar surface area (TPSA) is 44.4 Å². The first kappa shape index (κ1) is 13.8. The first-order valence-corrected chi connectivity index (χ1v) is 7.33. The molecule has 0 radical (unpaired) electrons. The maximum Gasteiger partial charge on any atom is 0.237 e. The molecule has 0 spiro atoms. The van der Waals surface area contributed by atoms with E-state index >= 15 is 0 Å². The monoisotopic (exact) mass is 253 g/mol. The van der Waals surface area contributed by atoms with Gasteiger partial charge in [-0.15, -0.1) is 0 Å². The highest BCUT2D eigenvalue weighted by Gasteiger charge is 2.35. The molecule has 3 atom stereocenters. The molecule has 2 N–H and O–H groups in total. The van der Waals surface area contributed by atoms with Crippen molar-refractivity contribution >= 4 is 5.91 Å². The largest absolute Gasteiger partial charge is 0.354 e. The van der Waals surface area contributed by atoms with Gasteiger partial charge in [-0.1, -0.05) is 13.8 Å². The third-order valence-corrected chi connectivity index (χ3v) is 4.30. The van der Waals surface area contributed by atoms with Crippen molar-refractivity contribution in [1.29, 1.82) is 0 Å². The Morgan fingerprint density at radius 2 is 2.17 bits per heavy atom. The standard InChI is InChI=1S/C14H27N3O/c1-10(2)8-16-14(18)11(3)17-7-5-13-12(9-17)4-6-15-13/h10-13,15H,4-9H2,1-3H3,(H,16,18). The third-order valence-electron chi connectivity index (χ3n) is 4.30. The van der Waals surface area contributed by atoms with Crippen molar-refractivity contribution in [1.82, 2.24) is 15.5 Å². The molecule has 1 amide bonds. The minimum absolute atomic E-state index is 0.0188. The molecule has 4 nitrogen and oxygen atoms in total. The van der Waals surface area contributed by atoms with Crippen LogP contribution in [0.1, 0.15) is 33.6 Å². The fourth-order valence-electron chi connectivity index (χ4n) is 3.05. The van der Waals surface area contributed by atoms with Crippen molar-refractivity contribution in [2.24, 2.45) is 11.8 Å². The van der Waals surface area contributed by atoms with Gasteiger partial charge in [-0.3, -0.25) is 9.69 Å². The summed E-state index contributed by atoms with van der Waals surface area (Å²) < 4.78 is 0. The minimum Gasteiger partial charge on any atom is -0.354 e. The molecule has 104 valence electrons. The van der Waals surface area contributed by atoms with Gasteiger partial charge in [0, 0.05) is 25.7 Å². The number of hydrogen-bond acceptors (Lipinski definition) is 3. The Labute approximate surface area is 110 Å². The number of carbonyl (C=O) groups excluding carboxylic acids is 1. The highest BCUT2D eigenvalue weighted by atomic mass is 16.2. The summed E-state index contributed by atoms with van der Waals surface area (Å²) in [5, 5.41) is 6.60. The highest BCUT2D eigenvalue weighted by Crippen LogP contribution is 2.25. The van der Waals surface area contributed by atoms with Crippen molar-refractivity contribution in [2.45, 2.75) is 45.7 Å². The van der Waals surface area contributed by atoms with Gasteiger partial charge in [0.25, 0.3) is 0 Å². The lowest BCUT2D eigenvalue weighted by Crippen LogP contribution is -2.52. The van der Waals surface area contributed by atoms with E-state index in [0.29, 0.717) is 12.0 Å². The summed E-state index contributed by atoms with van der Waals surface area (Å²) in [4.78, 5) is 14.4. The second-order valence-electron chi connectivity index (χ2n) is 6.21. The molecular weight excluding hydrogens is 226 g/mol. The van der Waals surface area contributed by atoms with E-state index in [1.807, 2.05) is 6.92 Å². The molecule has 2 heterocycles. The van der Waals surface area contributed by atoms with Crippen LogP contribution in [0.2, 0.25) is 0 Å². The van der Waals surface area contributed by atoms with Crippen LogP contribution in [0.25, 0.3) is 0 Å². The fraction of sp³-hybridized carbons (Fsp3) is 0.929. The molecule has 2 aliphatic rings. The summed E-state index contributed by atoms with van der Waals surface area (Å²) in [6, 6.07) is 0.720. The lowest BCUT2D eigenvalue weighted by atomic mass is 9.92. The third kappa shape index (κ3) is 3.23. The van der Waals surface area contributed by atoms with E-state index in [1.54, 1.807) is 0 Å². The van der Waals surface area contributed by atoms with E-state index in [2.05, 4.69) is 29.4 Å². The molecule has 2 fully saturated rings. The summed E-state index contributed by atoms with van der Waals surface area (Å²) >= 11 is 0. The SMILES string of the molecule is CC(C)CNC(=O)C(C)N1CCC2NCCC2C1. The normalized spacial score (nSPS) is 30.2. The van der Waals surface area contributed by atoms with Gasteiger partial charge >= 0.3 is 0 Å². The quantitative estimate of drug-likeness (QED) is 0.780. The van der Waals surface area contributed by atoms with Gasteiger partial charge in [-0.05, 0) is 38.1 Å². The van der Waals surface area contributed by atoms with Gasteiger partial charge in [0.2, 0.25) is 5.91 Å². The number of hydrogen-bond donors (Lipinski definition) is 2. The van der Waals surface area contributed by atoms with Crippen molar-refractivity contribution in [2.75, 3.05) is 26.2 Å². The van der Waals surface area contributed by atoms with E-state index in [1.165, 1.54) is 12.8 Å². The summed E-state index contributed by atoms with van der Waals surface area (Å²) in [5.41, 5.74) is 0. The Morgan fingerprint density at radius 1 is 1.39 bits per heavy atom. The maximum atomic E-state index is 12.1. The van der Waals surface area contributed by atoms with E-state index in [9.17, 15) is 4.79 Å². The average Bonchev–Trinajstić information content (AvgIpc) is 2.81. The van der Waals surface area contributed by atoms with E-state index in [4.69, 9.17) is 0 Å². The number of fused-ring (bicyclic) bond motifs is 1. The summed E-state index contributed by atoms with van der Waals surface area (Å²) in [6.45, 7) is 10.3. The Morgan fingerprint density at radius 3 is 2.89 bits per heavy atom. The van der Waals surface area contributed by atoms with Gasteiger partial charge in [-0.2, -0.15) is 0 Å². The molecule has 2 aliphatic heterocycles. The zero-order valence-corrected chi connectivity index (χ0v) is 11.9. The molecule has 0 aromatic heterocycles. The van der Waals surface area contributed by atoms with Crippen LogP contribution in [0, 0.1) is 11.8 Å². The fourth-order valence-corrected chi connectivity index (χ4v) is 3.05. The van der Waals surface area contributed by atoms with Crippen molar-refractivity contribution in [3.63, 3.8) is 0 Å². The van der Waals surface area contributed by atoms with Crippen LogP contribution in [0.3, 0.4) is 0 Å². The van der Waals surface area contributed by atoms with E-state index in [-0.39, 0.29) is 11.9 Å². The predicted octanol–water partition coefficient (Wildman–Crippen LogP) is 0.831. The Kier molecular flexibility index (Phi) is 4.62. The molecule has 4 heteroatoms. The van der Waals surface area contributed by atoms with Gasteiger partial charge in [0.1, 0.15) is 0 Å². The number of likely N-dealkylation sites (tertiary alicyclic amines) is 1.